The first-order chi connectivity index (χ1) is 10.1. The number of fused-ring (bicyclic) bond motifs is 1. The van der Waals surface area contributed by atoms with E-state index in [0.29, 0.717) is 6.54 Å². The summed E-state index contributed by atoms with van der Waals surface area (Å²) < 4.78 is 3.02. The quantitative estimate of drug-likeness (QED) is 0.620. The molecule has 1 heterocycles. The van der Waals surface area contributed by atoms with Crippen LogP contribution in [0.3, 0.4) is 0 Å². The molecule has 0 fully saturated rings. The lowest BCUT2D eigenvalue weighted by Crippen LogP contribution is -2.11. The Morgan fingerprint density at radius 2 is 1.90 bits per heavy atom. The number of ketones is 1. The van der Waals surface area contributed by atoms with Gasteiger partial charge >= 0.3 is 0 Å². The molecule has 0 amide bonds. The van der Waals surface area contributed by atoms with Crippen LogP contribution in [-0.4, -0.2) is 10.4 Å². The number of halogens is 1. The number of carbonyl (C=O) groups is 1. The second-order valence-electron chi connectivity index (χ2n) is 5.36. The first kappa shape index (κ1) is 14.1. The molecule has 106 valence electrons. The highest BCUT2D eigenvalue weighted by molar-refractivity contribution is 9.10. The minimum atomic E-state index is 0.140. The highest BCUT2D eigenvalue weighted by Gasteiger charge is 2.12. The second kappa shape index (κ2) is 5.49. The number of nitrogens with zero attached hydrogens (tertiary/aromatic N) is 1. The number of hydrogen-bond acceptors (Lipinski definition) is 1. The molecule has 0 unspecified atom stereocenters. The van der Waals surface area contributed by atoms with Gasteiger partial charge in [-0.1, -0.05) is 42.0 Å². The van der Waals surface area contributed by atoms with Crippen molar-refractivity contribution in [3.63, 3.8) is 0 Å². The molecule has 3 aromatic rings. The van der Waals surface area contributed by atoms with Crippen LogP contribution in [0.5, 0.6) is 0 Å². The van der Waals surface area contributed by atoms with E-state index in [1.54, 1.807) is 0 Å². The van der Waals surface area contributed by atoms with E-state index >= 15 is 0 Å². The normalized spacial score (nSPS) is 11.0. The van der Waals surface area contributed by atoms with E-state index < -0.39 is 0 Å². The summed E-state index contributed by atoms with van der Waals surface area (Å²) >= 11 is 3.56. The maximum atomic E-state index is 12.6. The summed E-state index contributed by atoms with van der Waals surface area (Å²) in [5, 5.41) is 1.13. The molecule has 0 atom stereocenters. The summed E-state index contributed by atoms with van der Waals surface area (Å²) in [4.78, 5) is 12.6. The smallest absolute Gasteiger partial charge is 0.182 e. The molecule has 0 saturated carbocycles. The van der Waals surface area contributed by atoms with E-state index in [-0.39, 0.29) is 5.78 Å². The Labute approximate surface area is 132 Å². The Morgan fingerprint density at radius 1 is 1.14 bits per heavy atom. The van der Waals surface area contributed by atoms with Crippen LogP contribution < -0.4 is 0 Å². The first-order valence-electron chi connectivity index (χ1n) is 6.90. The van der Waals surface area contributed by atoms with Crippen LogP contribution in [0.25, 0.3) is 10.9 Å². The maximum Gasteiger partial charge on any atom is 0.182 e. The van der Waals surface area contributed by atoms with Crippen LogP contribution >= 0.6 is 15.9 Å². The van der Waals surface area contributed by atoms with Gasteiger partial charge in [-0.3, -0.25) is 4.79 Å². The minimum absolute atomic E-state index is 0.140. The maximum absolute atomic E-state index is 12.6. The topological polar surface area (TPSA) is 22.0 Å². The fourth-order valence-corrected chi connectivity index (χ4v) is 3.28. The molecule has 2 nitrogen and oxygen atoms in total. The second-order valence-corrected chi connectivity index (χ2v) is 6.22. The summed E-state index contributed by atoms with van der Waals surface area (Å²) in [7, 11) is 0. The highest BCUT2D eigenvalue weighted by atomic mass is 79.9. The van der Waals surface area contributed by atoms with Gasteiger partial charge in [-0.25, -0.2) is 0 Å². The zero-order chi connectivity index (χ0) is 15.0. The van der Waals surface area contributed by atoms with Gasteiger partial charge in [-0.2, -0.15) is 0 Å². The fraction of sp³-hybridized carbons (Fsp3) is 0.167. The molecular formula is C18H16BrNO. The van der Waals surface area contributed by atoms with Crippen LogP contribution in [0.1, 0.15) is 21.5 Å². The number of hydrogen-bond donors (Lipinski definition) is 0. The van der Waals surface area contributed by atoms with Gasteiger partial charge in [0.05, 0.1) is 6.54 Å². The third-order valence-corrected chi connectivity index (χ3v) is 4.37. The van der Waals surface area contributed by atoms with Crippen molar-refractivity contribution >= 4 is 32.6 Å². The van der Waals surface area contributed by atoms with Gasteiger partial charge in [-0.15, -0.1) is 0 Å². The number of para-hydroxylation sites is 1. The molecule has 3 rings (SSSR count). The van der Waals surface area contributed by atoms with Crippen molar-refractivity contribution in [2.45, 2.75) is 20.4 Å². The highest BCUT2D eigenvalue weighted by Crippen LogP contribution is 2.26. The summed E-state index contributed by atoms with van der Waals surface area (Å²) in [6.07, 6.45) is 1.98. The van der Waals surface area contributed by atoms with Crippen LogP contribution in [-0.2, 0) is 6.54 Å². The Balaban J connectivity index is 1.97. The molecule has 0 bridgehead atoms. The van der Waals surface area contributed by atoms with E-state index in [0.717, 1.165) is 26.5 Å². The number of rotatable bonds is 3. The third-order valence-electron chi connectivity index (χ3n) is 3.74. The lowest BCUT2D eigenvalue weighted by molar-refractivity contribution is 0.0973. The fourth-order valence-electron chi connectivity index (χ4n) is 2.70. The summed E-state index contributed by atoms with van der Waals surface area (Å²) in [6, 6.07) is 14.1. The monoisotopic (exact) mass is 341 g/mol. The zero-order valence-electron chi connectivity index (χ0n) is 12.1. The first-order valence-corrected chi connectivity index (χ1v) is 7.69. The number of aromatic nitrogens is 1. The Bertz CT molecular complexity index is 832. The van der Waals surface area contributed by atoms with Crippen LogP contribution in [0, 0.1) is 13.8 Å². The summed E-state index contributed by atoms with van der Waals surface area (Å²) in [5.74, 6) is 0.140. The summed E-state index contributed by atoms with van der Waals surface area (Å²) in [6.45, 7) is 4.39. The van der Waals surface area contributed by atoms with Gasteiger partial charge in [0.15, 0.2) is 5.78 Å². The molecule has 0 saturated heterocycles. The van der Waals surface area contributed by atoms with E-state index in [9.17, 15) is 4.79 Å². The average molecular weight is 342 g/mol. The van der Waals surface area contributed by atoms with Crippen LogP contribution in [0.2, 0.25) is 0 Å². The van der Waals surface area contributed by atoms with Crippen molar-refractivity contribution in [2.75, 3.05) is 0 Å². The predicted octanol–water partition coefficient (Wildman–Crippen LogP) is 4.90. The molecule has 1 aromatic heterocycles. The lowest BCUT2D eigenvalue weighted by atomic mass is 10.0. The molecule has 0 aliphatic carbocycles. The van der Waals surface area contributed by atoms with Gasteiger partial charge in [-0.05, 0) is 41.4 Å². The molecule has 0 radical (unpaired) electrons. The van der Waals surface area contributed by atoms with Gasteiger partial charge < -0.3 is 4.57 Å². The molecule has 0 aliphatic rings. The lowest BCUT2D eigenvalue weighted by Gasteiger charge is -2.08. The molecule has 3 heteroatoms. The van der Waals surface area contributed by atoms with Crippen molar-refractivity contribution in [3.05, 3.63) is 69.8 Å². The molecule has 2 aromatic carbocycles. The van der Waals surface area contributed by atoms with Gasteiger partial charge in [0.2, 0.25) is 0 Å². The molecule has 0 spiro atoms. The number of Topliss-reactive ketones (excluding diaryl/α,β-unsaturated/α-hetero) is 1. The van der Waals surface area contributed by atoms with E-state index in [1.807, 2.05) is 54.9 Å². The molecule has 21 heavy (non-hydrogen) atoms. The van der Waals surface area contributed by atoms with Crippen molar-refractivity contribution < 1.29 is 4.79 Å². The zero-order valence-corrected chi connectivity index (χ0v) is 13.6. The van der Waals surface area contributed by atoms with Crippen molar-refractivity contribution in [2.24, 2.45) is 0 Å². The van der Waals surface area contributed by atoms with E-state index in [4.69, 9.17) is 0 Å². The van der Waals surface area contributed by atoms with Crippen molar-refractivity contribution in [1.82, 2.24) is 4.57 Å². The molecular weight excluding hydrogens is 326 g/mol. The minimum Gasteiger partial charge on any atom is -0.338 e. The number of aryl methyl sites for hydroxylation is 2. The number of benzene rings is 2. The third kappa shape index (κ3) is 2.66. The Morgan fingerprint density at radius 3 is 2.67 bits per heavy atom. The van der Waals surface area contributed by atoms with Crippen molar-refractivity contribution in [1.29, 1.82) is 0 Å². The molecule has 0 aliphatic heterocycles. The SMILES string of the molecule is Cc1ccc(C(=O)Cn2cc(Br)c3ccccc32)c(C)c1. The van der Waals surface area contributed by atoms with E-state index in [1.165, 1.54) is 5.56 Å². The van der Waals surface area contributed by atoms with Gasteiger partial charge in [0.1, 0.15) is 0 Å². The van der Waals surface area contributed by atoms with Gasteiger partial charge in [0, 0.05) is 27.1 Å². The van der Waals surface area contributed by atoms with E-state index in [2.05, 4.69) is 28.1 Å². The Hall–Kier alpha value is -1.87. The van der Waals surface area contributed by atoms with Crippen LogP contribution in [0.15, 0.2) is 53.1 Å². The number of carbonyl (C=O) groups excluding carboxylic acids is 1. The largest absolute Gasteiger partial charge is 0.338 e. The molecule has 0 N–H and O–H groups in total. The predicted molar refractivity (Wildman–Crippen MR) is 89.9 cm³/mol. The van der Waals surface area contributed by atoms with Crippen molar-refractivity contribution in [3.8, 4) is 0 Å². The van der Waals surface area contributed by atoms with Gasteiger partial charge in [0.25, 0.3) is 0 Å². The van der Waals surface area contributed by atoms with Crippen LogP contribution in [0.4, 0.5) is 0 Å². The summed E-state index contributed by atoms with van der Waals surface area (Å²) in [5.41, 5.74) is 4.09. The standard InChI is InChI=1S/C18H16BrNO/c1-12-7-8-14(13(2)9-12)18(21)11-20-10-16(19)15-5-3-4-6-17(15)20/h3-10H,11H2,1-2H3. The average Bonchev–Trinajstić information content (AvgIpc) is 2.76. The Kier molecular flexibility index (Phi) is 3.68.